The molecule has 0 radical (unpaired) electrons. The van der Waals surface area contributed by atoms with E-state index in [4.69, 9.17) is 21.1 Å². The van der Waals surface area contributed by atoms with E-state index in [-0.39, 0.29) is 21.7 Å². The molecule has 0 bridgehead atoms. The molecule has 5 rings (SSSR count). The zero-order valence-corrected chi connectivity index (χ0v) is 25.5. The Kier molecular flexibility index (Phi) is 8.83. The van der Waals surface area contributed by atoms with Crippen LogP contribution in [0.25, 0.3) is 11.1 Å². The molecule has 0 aliphatic carbocycles. The molecule has 0 saturated carbocycles. The highest BCUT2D eigenvalue weighted by Gasteiger charge is 2.22. The second-order valence-electron chi connectivity index (χ2n) is 9.94. The van der Waals surface area contributed by atoms with Crippen LogP contribution in [0.3, 0.4) is 0 Å². The highest BCUT2D eigenvalue weighted by molar-refractivity contribution is 7.89. The van der Waals surface area contributed by atoms with Crippen molar-refractivity contribution in [2.24, 2.45) is 0 Å². The summed E-state index contributed by atoms with van der Waals surface area (Å²) in [5.74, 6) is 1.13. The number of methoxy groups -OCH3 is 1. The minimum absolute atomic E-state index is 0.102. The summed E-state index contributed by atoms with van der Waals surface area (Å²) in [6, 6.07) is 19.0. The van der Waals surface area contributed by atoms with Gasteiger partial charge in [-0.3, -0.25) is 0 Å². The monoisotopic (exact) mass is 608 g/mol. The molecule has 42 heavy (non-hydrogen) atoms. The second kappa shape index (κ2) is 12.5. The third-order valence-electron chi connectivity index (χ3n) is 6.99. The number of aryl methyl sites for hydroxylation is 1. The summed E-state index contributed by atoms with van der Waals surface area (Å²) in [6.07, 6.45) is 1.45. The van der Waals surface area contributed by atoms with E-state index in [1.165, 1.54) is 32.0 Å². The number of hydrogen-bond donors (Lipinski definition) is 2. The van der Waals surface area contributed by atoms with Crippen molar-refractivity contribution < 1.29 is 17.9 Å². The number of hydrogen-bond acceptors (Lipinski definition) is 9. The van der Waals surface area contributed by atoms with Gasteiger partial charge >= 0.3 is 0 Å². The number of morpholine rings is 1. The first-order valence-corrected chi connectivity index (χ1v) is 15.2. The van der Waals surface area contributed by atoms with Crippen LogP contribution in [-0.4, -0.2) is 70.2 Å². The SMILES string of the molecule is COc1cc(-c2ccc(N3CCOCC3)cc2)c(C)cc1Nc1ncc(Cl)c(Nc2ccccc2S(=O)(=O)N(C)C)n1. The van der Waals surface area contributed by atoms with E-state index < -0.39 is 10.0 Å². The highest BCUT2D eigenvalue weighted by Crippen LogP contribution is 2.37. The van der Waals surface area contributed by atoms with Crippen molar-refractivity contribution in [3.8, 4) is 16.9 Å². The van der Waals surface area contributed by atoms with Crippen LogP contribution in [0.1, 0.15) is 5.56 Å². The van der Waals surface area contributed by atoms with Gasteiger partial charge in [-0.2, -0.15) is 4.98 Å². The third kappa shape index (κ3) is 6.29. The molecule has 2 heterocycles. The number of aromatic nitrogens is 2. The number of nitrogens with zero attached hydrogens (tertiary/aromatic N) is 4. The fraction of sp³-hybridized carbons (Fsp3) is 0.267. The second-order valence-corrected chi connectivity index (χ2v) is 12.5. The predicted octanol–water partition coefficient (Wildman–Crippen LogP) is 5.69. The molecule has 12 heteroatoms. The minimum Gasteiger partial charge on any atom is -0.495 e. The molecule has 220 valence electrons. The van der Waals surface area contributed by atoms with Crippen LogP contribution in [0, 0.1) is 6.92 Å². The number of ether oxygens (including phenoxy) is 2. The van der Waals surface area contributed by atoms with Gasteiger partial charge in [-0.05, 0) is 60.0 Å². The molecule has 2 N–H and O–H groups in total. The van der Waals surface area contributed by atoms with Crippen molar-refractivity contribution in [1.82, 2.24) is 14.3 Å². The minimum atomic E-state index is -3.70. The summed E-state index contributed by atoms with van der Waals surface area (Å²) >= 11 is 6.40. The lowest BCUT2D eigenvalue weighted by Crippen LogP contribution is -2.36. The Morgan fingerprint density at radius 2 is 1.71 bits per heavy atom. The smallest absolute Gasteiger partial charge is 0.244 e. The van der Waals surface area contributed by atoms with Gasteiger partial charge in [-0.15, -0.1) is 0 Å². The maximum absolute atomic E-state index is 12.8. The first kappa shape index (κ1) is 29.6. The average molecular weight is 609 g/mol. The summed E-state index contributed by atoms with van der Waals surface area (Å²) in [5, 5.41) is 6.51. The zero-order chi connectivity index (χ0) is 29.9. The Morgan fingerprint density at radius 1 is 1.00 bits per heavy atom. The fourth-order valence-corrected chi connectivity index (χ4v) is 5.87. The standard InChI is InChI=1S/C30H33ClN6O4S/c1-20-17-26(27(40-4)18-23(20)21-9-11-22(12-10-21)37-13-15-41-16-14-37)34-30-32-19-24(31)29(35-30)33-25-7-5-6-8-28(25)42(38,39)36(2)3/h5-12,17-19H,13-16H2,1-4H3,(H2,32,33,34,35). The number of nitrogens with one attached hydrogen (secondary N) is 2. The number of halogens is 1. The van der Waals surface area contributed by atoms with Gasteiger partial charge in [0.1, 0.15) is 15.7 Å². The molecule has 4 aromatic rings. The van der Waals surface area contributed by atoms with E-state index in [1.54, 1.807) is 25.3 Å². The average Bonchev–Trinajstić information content (AvgIpc) is 3.00. The predicted molar refractivity (Wildman–Crippen MR) is 167 cm³/mol. The molecule has 1 aliphatic rings. The van der Waals surface area contributed by atoms with Crippen molar-refractivity contribution >= 4 is 50.5 Å². The van der Waals surface area contributed by atoms with Crippen LogP contribution in [0.5, 0.6) is 5.75 Å². The van der Waals surface area contributed by atoms with Crippen molar-refractivity contribution in [2.75, 3.05) is 63.0 Å². The molecule has 1 fully saturated rings. The Balaban J connectivity index is 1.40. The maximum atomic E-state index is 12.8. The topological polar surface area (TPSA) is 109 Å². The molecule has 3 aromatic carbocycles. The normalized spacial score (nSPS) is 13.7. The van der Waals surface area contributed by atoms with Crippen molar-refractivity contribution in [1.29, 1.82) is 0 Å². The van der Waals surface area contributed by atoms with Gasteiger partial charge < -0.3 is 25.0 Å². The van der Waals surface area contributed by atoms with Crippen LogP contribution >= 0.6 is 11.6 Å². The van der Waals surface area contributed by atoms with Crippen LogP contribution in [0.4, 0.5) is 28.8 Å². The van der Waals surface area contributed by atoms with E-state index in [9.17, 15) is 8.42 Å². The van der Waals surface area contributed by atoms with Crippen LogP contribution in [0.2, 0.25) is 5.02 Å². The van der Waals surface area contributed by atoms with Crippen molar-refractivity contribution in [3.63, 3.8) is 0 Å². The van der Waals surface area contributed by atoms with E-state index in [0.29, 0.717) is 17.1 Å². The number of rotatable bonds is 9. The van der Waals surface area contributed by atoms with Crippen LogP contribution < -0.4 is 20.3 Å². The Labute approximate surface area is 251 Å². The molecule has 10 nitrogen and oxygen atoms in total. The summed E-state index contributed by atoms with van der Waals surface area (Å²) < 4.78 is 38.0. The molecular formula is C30H33ClN6O4S. The van der Waals surface area contributed by atoms with Gasteiger partial charge in [-0.25, -0.2) is 17.7 Å². The summed E-state index contributed by atoms with van der Waals surface area (Å²) in [7, 11) is 0.865. The molecule has 0 amide bonds. The number of sulfonamides is 1. The summed E-state index contributed by atoms with van der Waals surface area (Å²) in [6.45, 7) is 5.30. The Bertz CT molecular complexity index is 1680. The summed E-state index contributed by atoms with van der Waals surface area (Å²) in [5.41, 5.74) is 5.35. The molecule has 1 aliphatic heterocycles. The summed E-state index contributed by atoms with van der Waals surface area (Å²) in [4.78, 5) is 11.3. The largest absolute Gasteiger partial charge is 0.495 e. The van der Waals surface area contributed by atoms with Gasteiger partial charge in [0.25, 0.3) is 0 Å². The molecule has 0 spiro atoms. The number of para-hydroxylation sites is 1. The highest BCUT2D eigenvalue weighted by atomic mass is 35.5. The van der Waals surface area contributed by atoms with Crippen LogP contribution in [0.15, 0.2) is 71.8 Å². The van der Waals surface area contributed by atoms with E-state index in [0.717, 1.165) is 47.3 Å². The Hall–Kier alpha value is -3.90. The van der Waals surface area contributed by atoms with Gasteiger partial charge in [-0.1, -0.05) is 35.9 Å². The van der Waals surface area contributed by atoms with Gasteiger partial charge in [0.2, 0.25) is 16.0 Å². The van der Waals surface area contributed by atoms with Crippen molar-refractivity contribution in [3.05, 3.63) is 77.4 Å². The first-order valence-electron chi connectivity index (χ1n) is 13.4. The lowest BCUT2D eigenvalue weighted by Gasteiger charge is -2.29. The Morgan fingerprint density at radius 3 is 2.40 bits per heavy atom. The third-order valence-corrected chi connectivity index (χ3v) is 9.14. The lowest BCUT2D eigenvalue weighted by molar-refractivity contribution is 0.122. The zero-order valence-electron chi connectivity index (χ0n) is 23.9. The quantitative estimate of drug-likeness (QED) is 0.248. The molecular weight excluding hydrogens is 576 g/mol. The maximum Gasteiger partial charge on any atom is 0.244 e. The lowest BCUT2D eigenvalue weighted by atomic mass is 9.99. The fourth-order valence-electron chi connectivity index (χ4n) is 4.69. The van der Waals surface area contributed by atoms with E-state index in [1.807, 2.05) is 19.1 Å². The number of anilines is 5. The molecule has 0 unspecified atom stereocenters. The van der Waals surface area contributed by atoms with Crippen LogP contribution in [-0.2, 0) is 14.8 Å². The molecule has 0 atom stereocenters. The van der Waals surface area contributed by atoms with Gasteiger partial charge in [0, 0.05) is 32.9 Å². The number of benzene rings is 3. The first-order chi connectivity index (χ1) is 20.2. The van der Waals surface area contributed by atoms with E-state index >= 15 is 0 Å². The van der Waals surface area contributed by atoms with Gasteiger partial charge in [0.15, 0.2) is 5.82 Å². The van der Waals surface area contributed by atoms with Crippen molar-refractivity contribution in [2.45, 2.75) is 11.8 Å². The molecule has 1 aromatic heterocycles. The van der Waals surface area contributed by atoms with Gasteiger partial charge in [0.05, 0.1) is 37.9 Å². The molecule has 1 saturated heterocycles. The van der Waals surface area contributed by atoms with E-state index in [2.05, 4.69) is 49.8 Å².